The maximum Gasteiger partial charge on any atom is 0.150 e. The number of benzene rings is 1. The van der Waals surface area contributed by atoms with Crippen LogP contribution in [0.3, 0.4) is 0 Å². The van der Waals surface area contributed by atoms with E-state index in [4.69, 9.17) is 0 Å². The molecule has 0 amide bonds. The molecule has 3 nitrogen and oxygen atoms in total. The highest BCUT2D eigenvalue weighted by Crippen LogP contribution is 2.17. The summed E-state index contributed by atoms with van der Waals surface area (Å²) in [6, 6.07) is 7.12. The summed E-state index contributed by atoms with van der Waals surface area (Å²) in [7, 11) is 0. The number of pyridine rings is 1. The van der Waals surface area contributed by atoms with Crippen LogP contribution in [-0.2, 0) is 0 Å². The van der Waals surface area contributed by atoms with Crippen molar-refractivity contribution in [3.8, 4) is 17.5 Å². The van der Waals surface area contributed by atoms with Gasteiger partial charge in [-0.15, -0.1) is 0 Å². The first kappa shape index (κ1) is 14.9. The minimum atomic E-state index is -0.644. The molecule has 0 bridgehead atoms. The Kier molecular flexibility index (Phi) is 3.90. The van der Waals surface area contributed by atoms with Gasteiger partial charge >= 0.3 is 0 Å². The fraction of sp³-hybridized carbons (Fsp3) is 0.111. The number of aromatic nitrogens is 3. The van der Waals surface area contributed by atoms with E-state index in [1.54, 1.807) is 23.9 Å². The van der Waals surface area contributed by atoms with Gasteiger partial charge in [0.1, 0.15) is 23.2 Å². The molecular formula is C18H13F2N3. The average molecular weight is 309 g/mol. The third-order valence-electron chi connectivity index (χ3n) is 3.28. The van der Waals surface area contributed by atoms with Crippen molar-refractivity contribution in [1.29, 1.82) is 0 Å². The van der Waals surface area contributed by atoms with Crippen molar-refractivity contribution in [3.05, 3.63) is 77.1 Å². The summed E-state index contributed by atoms with van der Waals surface area (Å²) in [5.41, 5.74) is 2.47. The molecule has 2 aromatic heterocycles. The Bertz CT molecular complexity index is 933. The van der Waals surface area contributed by atoms with Crippen LogP contribution in [-0.4, -0.2) is 14.5 Å². The zero-order valence-electron chi connectivity index (χ0n) is 12.6. The van der Waals surface area contributed by atoms with Crippen molar-refractivity contribution >= 4 is 0 Å². The van der Waals surface area contributed by atoms with Crippen molar-refractivity contribution in [2.75, 3.05) is 0 Å². The smallest absolute Gasteiger partial charge is 0.150 e. The molecule has 0 saturated heterocycles. The molecule has 23 heavy (non-hydrogen) atoms. The predicted octanol–water partition coefficient (Wildman–Crippen LogP) is 3.56. The van der Waals surface area contributed by atoms with Gasteiger partial charge in [0.05, 0.1) is 5.69 Å². The SMILES string of the molecule is Cc1cc(C#Cc2cn(-c3ccc(F)cc3F)c(C)n2)ccn1. The molecule has 0 aliphatic heterocycles. The minimum Gasteiger partial charge on any atom is -0.300 e. The van der Waals surface area contributed by atoms with E-state index in [9.17, 15) is 8.78 Å². The highest BCUT2D eigenvalue weighted by molar-refractivity contribution is 5.42. The van der Waals surface area contributed by atoms with Crippen molar-refractivity contribution in [3.63, 3.8) is 0 Å². The average Bonchev–Trinajstić information content (AvgIpc) is 2.86. The van der Waals surface area contributed by atoms with Gasteiger partial charge in [-0.1, -0.05) is 5.92 Å². The molecule has 0 aliphatic carbocycles. The third kappa shape index (κ3) is 3.27. The van der Waals surface area contributed by atoms with E-state index in [-0.39, 0.29) is 5.69 Å². The number of nitrogens with zero attached hydrogens (tertiary/aromatic N) is 3. The van der Waals surface area contributed by atoms with E-state index in [1.165, 1.54) is 12.1 Å². The van der Waals surface area contributed by atoms with E-state index in [0.717, 1.165) is 17.3 Å². The number of aryl methyl sites for hydroxylation is 2. The lowest BCUT2D eigenvalue weighted by Gasteiger charge is -2.05. The van der Waals surface area contributed by atoms with Gasteiger partial charge in [-0.3, -0.25) is 9.55 Å². The highest BCUT2D eigenvalue weighted by Gasteiger charge is 2.10. The molecule has 2 heterocycles. The van der Waals surface area contributed by atoms with Crippen LogP contribution < -0.4 is 0 Å². The number of rotatable bonds is 1. The molecule has 114 valence electrons. The summed E-state index contributed by atoms with van der Waals surface area (Å²) in [5, 5.41) is 0. The number of hydrogen-bond acceptors (Lipinski definition) is 2. The summed E-state index contributed by atoms with van der Waals surface area (Å²) in [6.45, 7) is 3.63. The Hall–Kier alpha value is -3.00. The standard InChI is InChI=1S/C18H13F2N3/c1-12-9-14(7-8-21-12)3-5-16-11-23(13(2)22-16)18-6-4-15(19)10-17(18)20/h4,6-11H,1-2H3. The second-order valence-electron chi connectivity index (χ2n) is 5.07. The van der Waals surface area contributed by atoms with Crippen molar-refractivity contribution in [2.45, 2.75) is 13.8 Å². The zero-order valence-corrected chi connectivity index (χ0v) is 12.6. The van der Waals surface area contributed by atoms with Gasteiger partial charge in [0, 0.05) is 29.7 Å². The zero-order chi connectivity index (χ0) is 16.4. The first-order chi connectivity index (χ1) is 11.0. The lowest BCUT2D eigenvalue weighted by atomic mass is 10.2. The maximum atomic E-state index is 13.9. The molecule has 0 fully saturated rings. The molecule has 0 N–H and O–H groups in total. The first-order valence-corrected chi connectivity index (χ1v) is 6.99. The second kappa shape index (κ2) is 6.01. The largest absolute Gasteiger partial charge is 0.300 e. The fourth-order valence-electron chi connectivity index (χ4n) is 2.21. The van der Waals surface area contributed by atoms with Crippen LogP contribution in [0, 0.1) is 37.3 Å². The predicted molar refractivity (Wildman–Crippen MR) is 83.2 cm³/mol. The lowest BCUT2D eigenvalue weighted by Crippen LogP contribution is -1.99. The molecule has 0 radical (unpaired) electrons. The van der Waals surface area contributed by atoms with Crippen LogP contribution in [0.25, 0.3) is 5.69 Å². The molecule has 0 saturated carbocycles. The van der Waals surface area contributed by atoms with Gasteiger partial charge in [0.15, 0.2) is 0 Å². The normalized spacial score (nSPS) is 10.3. The molecular weight excluding hydrogens is 296 g/mol. The Morgan fingerprint density at radius 3 is 2.61 bits per heavy atom. The Balaban J connectivity index is 1.96. The van der Waals surface area contributed by atoms with Crippen LogP contribution in [0.2, 0.25) is 0 Å². The highest BCUT2D eigenvalue weighted by atomic mass is 19.1. The quantitative estimate of drug-likeness (QED) is 0.644. The molecule has 5 heteroatoms. The number of hydrogen-bond donors (Lipinski definition) is 0. The van der Waals surface area contributed by atoms with Gasteiger partial charge in [-0.2, -0.15) is 0 Å². The summed E-state index contributed by atoms with van der Waals surface area (Å²) in [5.74, 6) is 5.26. The van der Waals surface area contributed by atoms with Gasteiger partial charge < -0.3 is 0 Å². The van der Waals surface area contributed by atoms with Gasteiger partial charge in [-0.25, -0.2) is 13.8 Å². The van der Waals surface area contributed by atoms with E-state index in [2.05, 4.69) is 21.8 Å². The van der Waals surface area contributed by atoms with E-state index in [1.807, 2.05) is 19.1 Å². The van der Waals surface area contributed by atoms with Crippen LogP contribution in [0.5, 0.6) is 0 Å². The van der Waals surface area contributed by atoms with E-state index in [0.29, 0.717) is 11.5 Å². The summed E-state index contributed by atoms with van der Waals surface area (Å²) in [4.78, 5) is 8.41. The number of imidazole rings is 1. The minimum absolute atomic E-state index is 0.240. The Morgan fingerprint density at radius 2 is 1.87 bits per heavy atom. The van der Waals surface area contributed by atoms with Crippen LogP contribution in [0.15, 0.2) is 42.7 Å². The van der Waals surface area contributed by atoms with Crippen LogP contribution in [0.1, 0.15) is 22.8 Å². The molecule has 0 atom stereocenters. The molecule has 3 rings (SSSR count). The molecule has 1 aromatic carbocycles. The van der Waals surface area contributed by atoms with Crippen molar-refractivity contribution < 1.29 is 8.78 Å². The molecule has 0 aliphatic rings. The lowest BCUT2D eigenvalue weighted by molar-refractivity contribution is 0.577. The monoisotopic (exact) mass is 309 g/mol. The topological polar surface area (TPSA) is 30.7 Å². The van der Waals surface area contributed by atoms with Crippen molar-refractivity contribution in [1.82, 2.24) is 14.5 Å². The van der Waals surface area contributed by atoms with Gasteiger partial charge in [0.25, 0.3) is 0 Å². The molecule has 3 aromatic rings. The summed E-state index contributed by atoms with van der Waals surface area (Å²) < 4.78 is 28.5. The van der Waals surface area contributed by atoms with Crippen molar-refractivity contribution in [2.24, 2.45) is 0 Å². The Labute approximate surface area is 132 Å². The summed E-state index contributed by atoms with van der Waals surface area (Å²) >= 11 is 0. The fourth-order valence-corrected chi connectivity index (χ4v) is 2.21. The number of halogens is 2. The van der Waals surface area contributed by atoms with E-state index < -0.39 is 11.6 Å². The van der Waals surface area contributed by atoms with Crippen LogP contribution >= 0.6 is 0 Å². The molecule has 0 unspecified atom stereocenters. The van der Waals surface area contributed by atoms with E-state index >= 15 is 0 Å². The molecule has 0 spiro atoms. The third-order valence-corrected chi connectivity index (χ3v) is 3.28. The maximum absolute atomic E-state index is 13.9. The Morgan fingerprint density at radius 1 is 1.04 bits per heavy atom. The summed E-state index contributed by atoms with van der Waals surface area (Å²) in [6.07, 6.45) is 3.32. The van der Waals surface area contributed by atoms with Crippen LogP contribution in [0.4, 0.5) is 8.78 Å². The van der Waals surface area contributed by atoms with Gasteiger partial charge in [-0.05, 0) is 44.0 Å². The van der Waals surface area contributed by atoms with Gasteiger partial charge in [0.2, 0.25) is 0 Å². The second-order valence-corrected chi connectivity index (χ2v) is 5.07. The first-order valence-electron chi connectivity index (χ1n) is 6.99.